The average Bonchev–Trinajstić information content (AvgIpc) is 3.12. The third kappa shape index (κ3) is 2.94. The molecule has 0 aliphatic heterocycles. The fraction of sp³-hybridized carbons (Fsp3) is 0.267. The van der Waals surface area contributed by atoms with Crippen molar-refractivity contribution in [2.75, 3.05) is 11.9 Å². The number of carbonyl (C=O) groups excluding carboxylic acids is 1. The van der Waals surface area contributed by atoms with Gasteiger partial charge in [0, 0.05) is 12.7 Å². The van der Waals surface area contributed by atoms with Gasteiger partial charge in [0.2, 0.25) is 0 Å². The minimum atomic E-state index is -0.253. The summed E-state index contributed by atoms with van der Waals surface area (Å²) in [4.78, 5) is 16.5. The van der Waals surface area contributed by atoms with E-state index in [9.17, 15) is 4.79 Å². The number of anilines is 1. The molecule has 0 aliphatic carbocycles. The van der Waals surface area contributed by atoms with Crippen molar-refractivity contribution in [3.63, 3.8) is 0 Å². The highest BCUT2D eigenvalue weighted by atomic mass is 32.1. The van der Waals surface area contributed by atoms with Gasteiger partial charge in [-0.05, 0) is 38.1 Å². The number of hydrogen-bond acceptors (Lipinski definition) is 5. The lowest BCUT2D eigenvalue weighted by Crippen LogP contribution is -2.13. The van der Waals surface area contributed by atoms with E-state index in [4.69, 9.17) is 4.74 Å². The number of carbonyl (C=O) groups is 1. The van der Waals surface area contributed by atoms with Crippen molar-refractivity contribution in [1.29, 1.82) is 0 Å². The summed E-state index contributed by atoms with van der Waals surface area (Å²) in [5, 5.41) is 7.52. The molecule has 1 N–H and O–H groups in total. The summed E-state index contributed by atoms with van der Waals surface area (Å²) >= 11 is 1.42. The van der Waals surface area contributed by atoms with Crippen molar-refractivity contribution in [3.8, 4) is 5.75 Å². The highest BCUT2D eigenvalue weighted by Crippen LogP contribution is 2.29. The molecule has 0 aliphatic rings. The number of aromatic nitrogens is 3. The van der Waals surface area contributed by atoms with Crippen molar-refractivity contribution in [3.05, 3.63) is 36.2 Å². The molecule has 1 amide bonds. The van der Waals surface area contributed by atoms with E-state index in [0.29, 0.717) is 17.4 Å². The van der Waals surface area contributed by atoms with Crippen LogP contribution in [0.15, 0.2) is 30.5 Å². The SMILES string of the molecule is CCOc1ccc2nc(NC(=O)c3ccn(CC)n3)sc2c1. The van der Waals surface area contributed by atoms with Crippen LogP contribution < -0.4 is 10.1 Å². The molecule has 3 rings (SSSR count). The van der Waals surface area contributed by atoms with Gasteiger partial charge in [0.05, 0.1) is 16.8 Å². The first-order valence-electron chi connectivity index (χ1n) is 7.07. The van der Waals surface area contributed by atoms with Crippen molar-refractivity contribution >= 4 is 32.6 Å². The quantitative estimate of drug-likeness (QED) is 0.785. The third-order valence-electron chi connectivity index (χ3n) is 3.09. The summed E-state index contributed by atoms with van der Waals surface area (Å²) in [6, 6.07) is 7.38. The molecule has 3 aromatic rings. The Balaban J connectivity index is 1.79. The molecule has 0 fully saturated rings. The van der Waals surface area contributed by atoms with E-state index in [1.165, 1.54) is 11.3 Å². The highest BCUT2D eigenvalue weighted by molar-refractivity contribution is 7.22. The van der Waals surface area contributed by atoms with Crippen molar-refractivity contribution in [1.82, 2.24) is 14.8 Å². The predicted octanol–water partition coefficient (Wildman–Crippen LogP) is 3.16. The second-order valence-corrected chi connectivity index (χ2v) is 5.62. The summed E-state index contributed by atoms with van der Waals surface area (Å²) in [5.41, 5.74) is 1.22. The normalized spacial score (nSPS) is 10.8. The first-order chi connectivity index (χ1) is 10.7. The lowest BCUT2D eigenvalue weighted by molar-refractivity contribution is 0.102. The summed E-state index contributed by atoms with van der Waals surface area (Å²) in [6.07, 6.45) is 1.78. The van der Waals surface area contributed by atoms with Crippen LogP contribution in [0.2, 0.25) is 0 Å². The number of thiazole rings is 1. The average molecular weight is 316 g/mol. The summed E-state index contributed by atoms with van der Waals surface area (Å²) in [6.45, 7) is 5.26. The topological polar surface area (TPSA) is 69.0 Å². The third-order valence-corrected chi connectivity index (χ3v) is 4.02. The van der Waals surface area contributed by atoms with Crippen LogP contribution in [0.4, 0.5) is 5.13 Å². The maximum atomic E-state index is 12.1. The number of benzene rings is 1. The first kappa shape index (κ1) is 14.5. The molecular weight excluding hydrogens is 300 g/mol. The van der Waals surface area contributed by atoms with Gasteiger partial charge in [0.25, 0.3) is 5.91 Å². The predicted molar refractivity (Wildman–Crippen MR) is 86.6 cm³/mol. The molecule has 0 unspecified atom stereocenters. The number of nitrogens with zero attached hydrogens (tertiary/aromatic N) is 3. The zero-order valence-corrected chi connectivity index (χ0v) is 13.2. The minimum absolute atomic E-state index is 0.253. The van der Waals surface area contributed by atoms with E-state index >= 15 is 0 Å². The van der Waals surface area contributed by atoms with E-state index in [1.54, 1.807) is 16.9 Å². The van der Waals surface area contributed by atoms with Gasteiger partial charge in [-0.25, -0.2) is 4.98 Å². The van der Waals surface area contributed by atoms with Crippen LogP contribution in [0.25, 0.3) is 10.2 Å². The lowest BCUT2D eigenvalue weighted by atomic mass is 10.3. The Hall–Kier alpha value is -2.41. The van der Waals surface area contributed by atoms with Crippen molar-refractivity contribution in [2.45, 2.75) is 20.4 Å². The van der Waals surface area contributed by atoms with Gasteiger partial charge in [0.15, 0.2) is 10.8 Å². The van der Waals surface area contributed by atoms with Crippen LogP contribution in [0.1, 0.15) is 24.3 Å². The Labute approximate surface area is 131 Å². The van der Waals surface area contributed by atoms with Gasteiger partial charge >= 0.3 is 0 Å². The van der Waals surface area contributed by atoms with Crippen LogP contribution in [0.5, 0.6) is 5.75 Å². The van der Waals surface area contributed by atoms with Gasteiger partial charge in [-0.2, -0.15) is 5.10 Å². The number of fused-ring (bicyclic) bond motifs is 1. The molecule has 0 saturated heterocycles. The highest BCUT2D eigenvalue weighted by Gasteiger charge is 2.12. The maximum absolute atomic E-state index is 12.1. The molecule has 0 spiro atoms. The zero-order chi connectivity index (χ0) is 15.5. The molecular formula is C15H16N4O2S. The van der Waals surface area contributed by atoms with Gasteiger partial charge in [0.1, 0.15) is 5.75 Å². The van der Waals surface area contributed by atoms with E-state index in [1.807, 2.05) is 32.0 Å². The van der Waals surface area contributed by atoms with E-state index < -0.39 is 0 Å². The molecule has 6 nitrogen and oxygen atoms in total. The fourth-order valence-corrected chi connectivity index (χ4v) is 2.92. The lowest BCUT2D eigenvalue weighted by Gasteiger charge is -2.00. The molecule has 0 saturated carbocycles. The Kier molecular flexibility index (Phi) is 4.06. The first-order valence-corrected chi connectivity index (χ1v) is 7.89. The fourth-order valence-electron chi connectivity index (χ4n) is 2.03. The number of nitrogens with one attached hydrogen (secondary N) is 1. The number of ether oxygens (including phenoxy) is 1. The number of hydrogen-bond donors (Lipinski definition) is 1. The minimum Gasteiger partial charge on any atom is -0.494 e. The number of amides is 1. The molecule has 0 radical (unpaired) electrons. The largest absolute Gasteiger partial charge is 0.494 e. The molecule has 22 heavy (non-hydrogen) atoms. The summed E-state index contributed by atoms with van der Waals surface area (Å²) in [5.74, 6) is 0.550. The standard InChI is InChI=1S/C15H16N4O2S/c1-3-19-8-7-12(18-19)14(20)17-15-16-11-6-5-10(21-4-2)9-13(11)22-15/h5-9H,3-4H2,1-2H3,(H,16,17,20). The maximum Gasteiger partial charge on any atom is 0.277 e. The molecule has 2 aromatic heterocycles. The second-order valence-electron chi connectivity index (χ2n) is 4.59. The second kappa shape index (κ2) is 6.15. The van der Waals surface area contributed by atoms with Crippen molar-refractivity contribution < 1.29 is 9.53 Å². The van der Waals surface area contributed by atoms with Crippen LogP contribution >= 0.6 is 11.3 Å². The number of aryl methyl sites for hydroxylation is 1. The van der Waals surface area contributed by atoms with Gasteiger partial charge in [-0.15, -0.1) is 0 Å². The summed E-state index contributed by atoms with van der Waals surface area (Å²) in [7, 11) is 0. The molecule has 0 atom stereocenters. The van der Waals surface area contributed by atoms with Crippen molar-refractivity contribution in [2.24, 2.45) is 0 Å². The Morgan fingerprint density at radius 1 is 1.36 bits per heavy atom. The Morgan fingerprint density at radius 3 is 2.95 bits per heavy atom. The zero-order valence-electron chi connectivity index (χ0n) is 12.4. The Bertz CT molecular complexity index is 809. The van der Waals surface area contributed by atoms with Gasteiger partial charge in [-0.3, -0.25) is 14.8 Å². The van der Waals surface area contributed by atoms with E-state index in [2.05, 4.69) is 15.4 Å². The monoisotopic (exact) mass is 316 g/mol. The molecule has 1 aromatic carbocycles. The van der Waals surface area contributed by atoms with Gasteiger partial charge in [-0.1, -0.05) is 11.3 Å². The van der Waals surface area contributed by atoms with Crippen LogP contribution in [-0.2, 0) is 6.54 Å². The smallest absolute Gasteiger partial charge is 0.277 e. The summed E-state index contributed by atoms with van der Waals surface area (Å²) < 4.78 is 8.15. The van der Waals surface area contributed by atoms with Gasteiger partial charge < -0.3 is 4.74 Å². The van der Waals surface area contributed by atoms with Crippen LogP contribution in [0.3, 0.4) is 0 Å². The molecule has 114 valence electrons. The number of rotatable bonds is 5. The van der Waals surface area contributed by atoms with Crippen LogP contribution in [0, 0.1) is 0 Å². The molecule has 2 heterocycles. The Morgan fingerprint density at radius 2 is 2.23 bits per heavy atom. The van der Waals surface area contributed by atoms with Crippen LogP contribution in [-0.4, -0.2) is 27.3 Å². The molecule has 0 bridgehead atoms. The molecule has 7 heteroatoms. The van der Waals surface area contributed by atoms with E-state index in [0.717, 1.165) is 22.5 Å². The van der Waals surface area contributed by atoms with E-state index in [-0.39, 0.29) is 5.91 Å².